The van der Waals surface area contributed by atoms with Gasteiger partial charge >= 0.3 is 12.1 Å². The van der Waals surface area contributed by atoms with Crippen LogP contribution in [-0.4, -0.2) is 89.6 Å². The lowest BCUT2D eigenvalue weighted by atomic mass is 10.1. The molecular formula is C28H44N4O7. The fraction of sp³-hybridized carbons (Fsp3) is 0.679. The quantitative estimate of drug-likeness (QED) is 0.283. The van der Waals surface area contributed by atoms with E-state index in [-0.39, 0.29) is 11.8 Å². The SMILES string of the molecule is C=CCC[C@H](NC(=O)[C@@H]1CCCN1C(=O)[C@H]1CCCN1C(=O)[C@H](CCC=C)NC(=O)OC(C)(C)C)C(=O)OC. The van der Waals surface area contributed by atoms with Gasteiger partial charge in [0.15, 0.2) is 0 Å². The summed E-state index contributed by atoms with van der Waals surface area (Å²) >= 11 is 0. The van der Waals surface area contributed by atoms with E-state index >= 15 is 0 Å². The average molecular weight is 549 g/mol. The molecule has 0 bridgehead atoms. The van der Waals surface area contributed by atoms with Gasteiger partial charge in [-0.2, -0.15) is 0 Å². The smallest absolute Gasteiger partial charge is 0.408 e. The summed E-state index contributed by atoms with van der Waals surface area (Å²) < 4.78 is 10.1. The molecule has 0 aromatic heterocycles. The Morgan fingerprint density at radius 1 is 0.897 bits per heavy atom. The second-order valence-electron chi connectivity index (χ2n) is 10.9. The van der Waals surface area contributed by atoms with E-state index in [1.165, 1.54) is 16.9 Å². The predicted molar refractivity (Wildman–Crippen MR) is 145 cm³/mol. The first kappa shape index (κ1) is 31.8. The van der Waals surface area contributed by atoms with Gasteiger partial charge in [-0.3, -0.25) is 14.4 Å². The van der Waals surface area contributed by atoms with Crippen LogP contribution in [0.3, 0.4) is 0 Å². The Balaban J connectivity index is 2.15. The summed E-state index contributed by atoms with van der Waals surface area (Å²) in [5, 5.41) is 5.38. The number of likely N-dealkylation sites (tertiary alicyclic amines) is 2. The van der Waals surface area contributed by atoms with Crippen LogP contribution in [0.2, 0.25) is 0 Å². The molecule has 11 heteroatoms. The summed E-state index contributed by atoms with van der Waals surface area (Å²) in [4.78, 5) is 68.0. The zero-order valence-electron chi connectivity index (χ0n) is 23.7. The maximum absolute atomic E-state index is 13.7. The minimum absolute atomic E-state index is 0.307. The number of nitrogens with one attached hydrogen (secondary N) is 2. The number of esters is 1. The lowest BCUT2D eigenvalue weighted by molar-refractivity contribution is -0.149. The van der Waals surface area contributed by atoms with Crippen molar-refractivity contribution in [1.82, 2.24) is 20.4 Å². The molecule has 0 aromatic rings. The summed E-state index contributed by atoms with van der Waals surface area (Å²) in [5.74, 6) is -1.66. The van der Waals surface area contributed by atoms with E-state index < -0.39 is 47.7 Å². The number of ether oxygens (including phenoxy) is 2. The van der Waals surface area contributed by atoms with Crippen LogP contribution >= 0.6 is 0 Å². The highest BCUT2D eigenvalue weighted by Gasteiger charge is 2.44. The Labute approximate surface area is 231 Å². The molecular weight excluding hydrogens is 504 g/mol. The summed E-state index contributed by atoms with van der Waals surface area (Å²) in [6.07, 6.45) is 6.42. The summed E-state index contributed by atoms with van der Waals surface area (Å²) in [6.45, 7) is 13.3. The number of carbonyl (C=O) groups is 5. The number of methoxy groups -OCH3 is 1. The summed E-state index contributed by atoms with van der Waals surface area (Å²) in [7, 11) is 1.26. The molecule has 2 fully saturated rings. The van der Waals surface area contributed by atoms with Crippen LogP contribution in [0.15, 0.2) is 25.3 Å². The van der Waals surface area contributed by atoms with Crippen molar-refractivity contribution in [1.29, 1.82) is 0 Å². The highest BCUT2D eigenvalue weighted by atomic mass is 16.6. The van der Waals surface area contributed by atoms with E-state index in [2.05, 4.69) is 23.8 Å². The number of allylic oxidation sites excluding steroid dienone is 2. The molecule has 2 saturated heterocycles. The summed E-state index contributed by atoms with van der Waals surface area (Å²) in [5.41, 5.74) is -0.730. The van der Waals surface area contributed by atoms with Gasteiger partial charge in [-0.25, -0.2) is 9.59 Å². The fourth-order valence-corrected chi connectivity index (χ4v) is 4.92. The molecule has 0 aliphatic carbocycles. The van der Waals surface area contributed by atoms with Crippen LogP contribution in [-0.2, 0) is 28.7 Å². The van der Waals surface area contributed by atoms with E-state index in [4.69, 9.17) is 9.47 Å². The lowest BCUT2D eigenvalue weighted by Gasteiger charge is -2.33. The third-order valence-electron chi connectivity index (χ3n) is 6.77. The second-order valence-corrected chi connectivity index (χ2v) is 10.9. The molecule has 39 heavy (non-hydrogen) atoms. The van der Waals surface area contributed by atoms with Crippen LogP contribution < -0.4 is 10.6 Å². The number of nitrogens with zero attached hydrogens (tertiary/aromatic N) is 2. The lowest BCUT2D eigenvalue weighted by Crippen LogP contribution is -2.57. The first-order chi connectivity index (χ1) is 18.4. The van der Waals surface area contributed by atoms with Crippen molar-refractivity contribution in [2.24, 2.45) is 0 Å². The third kappa shape index (κ3) is 9.11. The van der Waals surface area contributed by atoms with Gasteiger partial charge in [0.05, 0.1) is 7.11 Å². The molecule has 0 saturated carbocycles. The molecule has 2 rings (SSSR count). The topological polar surface area (TPSA) is 134 Å². The minimum Gasteiger partial charge on any atom is -0.467 e. The maximum Gasteiger partial charge on any atom is 0.408 e. The van der Waals surface area contributed by atoms with Crippen LogP contribution in [0.25, 0.3) is 0 Å². The molecule has 2 aliphatic rings. The van der Waals surface area contributed by atoms with Gasteiger partial charge in [0.1, 0.15) is 29.8 Å². The van der Waals surface area contributed by atoms with Crippen molar-refractivity contribution < 1.29 is 33.4 Å². The number of rotatable bonds is 12. The highest BCUT2D eigenvalue weighted by molar-refractivity contribution is 5.95. The molecule has 2 aliphatic heterocycles. The van der Waals surface area contributed by atoms with Gasteiger partial charge in [0.25, 0.3) is 0 Å². The van der Waals surface area contributed by atoms with Gasteiger partial charge in [-0.05, 0) is 72.1 Å². The predicted octanol–water partition coefficient (Wildman–Crippen LogP) is 2.45. The van der Waals surface area contributed by atoms with Crippen LogP contribution in [0, 0.1) is 0 Å². The Kier molecular flexibility index (Phi) is 12.0. The van der Waals surface area contributed by atoms with Gasteiger partial charge in [-0.15, -0.1) is 13.2 Å². The van der Waals surface area contributed by atoms with Crippen molar-refractivity contribution in [2.45, 2.75) is 102 Å². The third-order valence-corrected chi connectivity index (χ3v) is 6.77. The monoisotopic (exact) mass is 548 g/mol. The van der Waals surface area contributed by atoms with E-state index in [0.29, 0.717) is 64.5 Å². The molecule has 0 unspecified atom stereocenters. The number of carbonyl (C=O) groups excluding carboxylic acids is 5. The van der Waals surface area contributed by atoms with Crippen molar-refractivity contribution in [3.63, 3.8) is 0 Å². The Bertz CT molecular complexity index is 929. The second kappa shape index (κ2) is 14.7. The zero-order valence-corrected chi connectivity index (χ0v) is 23.7. The molecule has 2 heterocycles. The van der Waals surface area contributed by atoms with E-state index in [1.54, 1.807) is 32.9 Å². The van der Waals surface area contributed by atoms with Crippen molar-refractivity contribution >= 4 is 29.8 Å². The Morgan fingerprint density at radius 2 is 1.46 bits per heavy atom. The maximum atomic E-state index is 13.7. The van der Waals surface area contributed by atoms with Crippen LogP contribution in [0.4, 0.5) is 4.79 Å². The number of hydrogen-bond acceptors (Lipinski definition) is 7. The van der Waals surface area contributed by atoms with Gasteiger partial charge in [0.2, 0.25) is 17.7 Å². The Morgan fingerprint density at radius 3 is 2.03 bits per heavy atom. The van der Waals surface area contributed by atoms with Crippen molar-refractivity contribution in [3.8, 4) is 0 Å². The van der Waals surface area contributed by atoms with Gasteiger partial charge < -0.3 is 29.9 Å². The normalized spacial score (nSPS) is 20.5. The van der Waals surface area contributed by atoms with Gasteiger partial charge in [-0.1, -0.05) is 12.2 Å². The molecule has 218 valence electrons. The molecule has 4 amide bonds. The molecule has 0 radical (unpaired) electrons. The molecule has 4 atom stereocenters. The van der Waals surface area contributed by atoms with Crippen LogP contribution in [0.1, 0.15) is 72.1 Å². The zero-order chi connectivity index (χ0) is 29.2. The first-order valence-electron chi connectivity index (χ1n) is 13.6. The molecule has 0 aromatic carbocycles. The molecule has 2 N–H and O–H groups in total. The minimum atomic E-state index is -0.880. The standard InChI is InChI=1S/C28H44N4O7/c1-7-9-13-19(30-27(37)39-28(3,4)5)24(34)32-18-12-16-22(32)25(35)31-17-11-15-21(31)23(33)29-20(14-10-8-2)26(36)38-6/h7-8,19-22H,1-2,9-18H2,3-6H3,(H,29,33)(H,30,37)/t19-,20-,21-,22+/m0/s1. The first-order valence-corrected chi connectivity index (χ1v) is 13.6. The summed E-state index contributed by atoms with van der Waals surface area (Å²) in [6, 6.07) is -3.21. The van der Waals surface area contributed by atoms with Gasteiger partial charge in [0, 0.05) is 13.1 Å². The molecule has 0 spiro atoms. The fourth-order valence-electron chi connectivity index (χ4n) is 4.92. The average Bonchev–Trinajstić information content (AvgIpc) is 3.56. The van der Waals surface area contributed by atoms with Crippen molar-refractivity contribution in [3.05, 3.63) is 25.3 Å². The van der Waals surface area contributed by atoms with Crippen molar-refractivity contribution in [2.75, 3.05) is 20.2 Å². The van der Waals surface area contributed by atoms with E-state index in [1.807, 2.05) is 0 Å². The van der Waals surface area contributed by atoms with E-state index in [0.717, 1.165) is 0 Å². The number of hydrogen-bond donors (Lipinski definition) is 2. The molecule has 11 nitrogen and oxygen atoms in total. The number of alkyl carbamates (subject to hydrolysis) is 1. The number of amides is 4. The highest BCUT2D eigenvalue weighted by Crippen LogP contribution is 2.26. The largest absolute Gasteiger partial charge is 0.467 e. The Hall–Kier alpha value is -3.37. The van der Waals surface area contributed by atoms with Crippen LogP contribution in [0.5, 0.6) is 0 Å². The van der Waals surface area contributed by atoms with E-state index in [9.17, 15) is 24.0 Å².